The summed E-state index contributed by atoms with van der Waals surface area (Å²) in [6.45, 7) is 8.77. The zero-order chi connectivity index (χ0) is 31.4. The maximum Gasteiger partial charge on any atom is 0.269 e. The number of hydrogen-bond donors (Lipinski definition) is 3. The van der Waals surface area contributed by atoms with Crippen LogP contribution in [0.15, 0.2) is 36.4 Å². The van der Waals surface area contributed by atoms with Gasteiger partial charge in [0.05, 0.1) is 28.7 Å². The van der Waals surface area contributed by atoms with E-state index in [9.17, 15) is 28.8 Å². The van der Waals surface area contributed by atoms with Gasteiger partial charge in [-0.1, -0.05) is 37.6 Å². The smallest absolute Gasteiger partial charge is 0.269 e. The molecule has 0 radical (unpaired) electrons. The van der Waals surface area contributed by atoms with Crippen molar-refractivity contribution in [2.24, 2.45) is 5.73 Å². The summed E-state index contributed by atoms with van der Waals surface area (Å²) in [5.74, 6) is -2.39. The number of nitriles is 1. The highest BCUT2D eigenvalue weighted by molar-refractivity contribution is 6.72. The molecular weight excluding hydrogens is 579 g/mol. The van der Waals surface area contributed by atoms with Crippen molar-refractivity contribution in [3.05, 3.63) is 64.1 Å². The Morgan fingerprint density at radius 1 is 1.29 bits per heavy atom. The van der Waals surface area contributed by atoms with Gasteiger partial charge in [0.15, 0.2) is 14.0 Å². The van der Waals surface area contributed by atoms with Gasteiger partial charge >= 0.3 is 0 Å². The molecule has 42 heavy (non-hydrogen) atoms. The molecule has 3 amide bonds. The van der Waals surface area contributed by atoms with Crippen LogP contribution in [0.2, 0.25) is 23.2 Å². The fourth-order valence-corrected chi connectivity index (χ4v) is 5.33. The maximum atomic E-state index is 14.3. The van der Waals surface area contributed by atoms with Gasteiger partial charge in [-0.2, -0.15) is 10.4 Å². The molecule has 0 saturated carbocycles. The summed E-state index contributed by atoms with van der Waals surface area (Å²) in [5.41, 5.74) is 6.37. The summed E-state index contributed by atoms with van der Waals surface area (Å²) in [5, 5.41) is 16.1. The van der Waals surface area contributed by atoms with Crippen molar-refractivity contribution in [1.29, 1.82) is 5.26 Å². The van der Waals surface area contributed by atoms with E-state index in [-0.39, 0.29) is 41.0 Å². The minimum Gasteiger partial charge on any atom is -0.432 e. The van der Waals surface area contributed by atoms with Crippen LogP contribution < -0.4 is 11.1 Å². The molecule has 2 aromatic carbocycles. The number of primary amides is 1. The molecular formula is C29H36ClFN6O4Si. The minimum absolute atomic E-state index is 0.0613. The zero-order valence-electron chi connectivity index (χ0n) is 24.4. The predicted molar refractivity (Wildman–Crippen MR) is 160 cm³/mol. The van der Waals surface area contributed by atoms with Crippen molar-refractivity contribution in [2.45, 2.75) is 70.9 Å². The number of nitrogens with two attached hydrogens (primary N) is 1. The zero-order valence-corrected chi connectivity index (χ0v) is 26.1. The van der Waals surface area contributed by atoms with E-state index in [4.69, 9.17) is 17.3 Å². The van der Waals surface area contributed by atoms with Gasteiger partial charge in [-0.15, -0.1) is 0 Å². The molecule has 10 nitrogen and oxygen atoms in total. The Kier molecular flexibility index (Phi) is 10.1. The topological polar surface area (TPSA) is 154 Å². The largest absolute Gasteiger partial charge is 0.432 e. The van der Waals surface area contributed by atoms with Crippen LogP contribution in [0.1, 0.15) is 55.2 Å². The standard InChI is InChI=1S/C29H36ClFN6O4Si/c1-18(11-12-29(2,3)42(4,5)41)36(16-24(38)34-15-20-7-6-8-22(30)26(20)31)25(39)17-37-23-10-9-19(14-32)13-21(23)27(35-37)28(33)40/h6-10,13,18,41H,11-12,15-17H2,1-5H3,(H2,33,40)(H,34,38)/t18-/m1/s1. The summed E-state index contributed by atoms with van der Waals surface area (Å²) in [4.78, 5) is 50.9. The molecule has 0 aliphatic heterocycles. The molecule has 0 bridgehead atoms. The van der Waals surface area contributed by atoms with Gasteiger partial charge in [0.1, 0.15) is 12.4 Å². The third-order valence-corrected chi connectivity index (χ3v) is 11.8. The highest BCUT2D eigenvalue weighted by Crippen LogP contribution is 2.40. The first-order chi connectivity index (χ1) is 19.6. The average Bonchev–Trinajstić information content (AvgIpc) is 3.28. The highest BCUT2D eigenvalue weighted by atomic mass is 35.5. The summed E-state index contributed by atoms with van der Waals surface area (Å²) in [7, 11) is -2.52. The summed E-state index contributed by atoms with van der Waals surface area (Å²) in [6.07, 6.45) is 1.11. The van der Waals surface area contributed by atoms with Gasteiger partial charge in [-0.25, -0.2) is 4.39 Å². The van der Waals surface area contributed by atoms with Crippen LogP contribution in [0.25, 0.3) is 10.9 Å². The van der Waals surface area contributed by atoms with E-state index < -0.39 is 37.9 Å². The number of halogens is 2. The monoisotopic (exact) mass is 614 g/mol. The van der Waals surface area contributed by atoms with Gasteiger partial charge in [-0.05, 0) is 62.2 Å². The van der Waals surface area contributed by atoms with Crippen LogP contribution in [0.4, 0.5) is 4.39 Å². The van der Waals surface area contributed by atoms with Crippen molar-refractivity contribution >= 4 is 48.5 Å². The first-order valence-electron chi connectivity index (χ1n) is 13.5. The van der Waals surface area contributed by atoms with Crippen molar-refractivity contribution in [3.8, 4) is 6.07 Å². The van der Waals surface area contributed by atoms with Crippen molar-refractivity contribution in [3.63, 3.8) is 0 Å². The highest BCUT2D eigenvalue weighted by Gasteiger charge is 2.38. The lowest BCUT2D eigenvalue weighted by Gasteiger charge is -2.37. The first kappa shape index (κ1) is 32.7. The second-order valence-corrected chi connectivity index (χ2v) is 16.4. The first-order valence-corrected chi connectivity index (χ1v) is 16.8. The molecule has 4 N–H and O–H groups in total. The van der Waals surface area contributed by atoms with E-state index in [1.807, 2.05) is 39.9 Å². The van der Waals surface area contributed by atoms with E-state index in [1.165, 1.54) is 27.8 Å². The Balaban J connectivity index is 1.87. The number of carbonyl (C=O) groups excluding carboxylic acids is 3. The van der Waals surface area contributed by atoms with Crippen molar-refractivity contribution in [2.75, 3.05) is 6.54 Å². The van der Waals surface area contributed by atoms with Crippen LogP contribution in [-0.2, 0) is 22.7 Å². The normalized spacial score (nSPS) is 12.5. The molecule has 0 fully saturated rings. The Morgan fingerprint density at radius 3 is 2.60 bits per heavy atom. The number of hydrogen-bond acceptors (Lipinski definition) is 6. The second kappa shape index (κ2) is 13.0. The number of benzene rings is 2. The molecule has 3 aromatic rings. The molecule has 3 rings (SSSR count). The minimum atomic E-state index is -2.52. The predicted octanol–water partition coefficient (Wildman–Crippen LogP) is 4.09. The number of rotatable bonds is 12. The third-order valence-electron chi connectivity index (χ3n) is 7.92. The van der Waals surface area contributed by atoms with Crippen LogP contribution in [0, 0.1) is 17.1 Å². The maximum absolute atomic E-state index is 14.3. The van der Waals surface area contributed by atoms with E-state index in [2.05, 4.69) is 10.4 Å². The SMILES string of the molecule is C[C@H](CCC(C)(C)[Si](C)(C)O)N(CC(=O)NCc1cccc(Cl)c1F)C(=O)Cn1nc(C(N)=O)c2cc(C#N)ccc21. The number of carbonyl (C=O) groups is 3. The van der Waals surface area contributed by atoms with E-state index >= 15 is 0 Å². The molecule has 0 aliphatic carbocycles. The van der Waals surface area contributed by atoms with Gasteiger partial charge in [-0.3, -0.25) is 19.1 Å². The summed E-state index contributed by atoms with van der Waals surface area (Å²) in [6, 6.07) is 10.7. The molecule has 13 heteroatoms. The second-order valence-electron chi connectivity index (χ2n) is 11.6. The van der Waals surface area contributed by atoms with E-state index in [1.54, 1.807) is 18.2 Å². The van der Waals surface area contributed by atoms with Crippen LogP contribution in [0.5, 0.6) is 0 Å². The Hall–Kier alpha value is -3.79. The Morgan fingerprint density at radius 2 is 1.98 bits per heavy atom. The quantitative estimate of drug-likeness (QED) is 0.261. The van der Waals surface area contributed by atoms with Crippen molar-refractivity contribution < 1.29 is 23.6 Å². The lowest BCUT2D eigenvalue weighted by Crippen LogP contribution is -2.47. The van der Waals surface area contributed by atoms with Crippen LogP contribution in [0.3, 0.4) is 0 Å². The van der Waals surface area contributed by atoms with Gasteiger partial charge < -0.3 is 20.7 Å². The summed E-state index contributed by atoms with van der Waals surface area (Å²) < 4.78 is 15.7. The molecule has 224 valence electrons. The van der Waals surface area contributed by atoms with Crippen molar-refractivity contribution in [1.82, 2.24) is 20.0 Å². The Labute approximate surface area is 250 Å². The third kappa shape index (κ3) is 7.53. The number of amides is 3. The van der Waals surface area contributed by atoms with E-state index in [0.717, 1.165) is 0 Å². The molecule has 1 aromatic heterocycles. The fourth-order valence-electron chi connectivity index (χ4n) is 4.38. The number of nitrogens with one attached hydrogen (secondary N) is 1. The summed E-state index contributed by atoms with van der Waals surface area (Å²) >= 11 is 5.85. The van der Waals surface area contributed by atoms with Gasteiger partial charge in [0, 0.05) is 23.5 Å². The number of nitrogens with zero attached hydrogens (tertiary/aromatic N) is 4. The molecule has 0 saturated heterocycles. The molecule has 0 aliphatic rings. The number of fused-ring (bicyclic) bond motifs is 1. The van der Waals surface area contributed by atoms with Gasteiger partial charge in [0.25, 0.3) is 5.91 Å². The molecule has 0 unspecified atom stereocenters. The van der Waals surface area contributed by atoms with Gasteiger partial charge in [0.2, 0.25) is 11.8 Å². The molecule has 0 spiro atoms. The molecule has 1 heterocycles. The lowest BCUT2D eigenvalue weighted by atomic mass is 10.0. The number of aromatic nitrogens is 2. The van der Waals surface area contributed by atoms with Crippen LogP contribution >= 0.6 is 11.6 Å². The van der Waals surface area contributed by atoms with Crippen LogP contribution in [-0.4, -0.2) is 58.1 Å². The lowest BCUT2D eigenvalue weighted by molar-refractivity contribution is -0.139. The molecule has 1 atom stereocenters. The fraction of sp³-hybridized carbons (Fsp3) is 0.414. The Bertz CT molecular complexity index is 1550. The average molecular weight is 615 g/mol. The van der Waals surface area contributed by atoms with E-state index in [0.29, 0.717) is 29.3 Å².